The van der Waals surface area contributed by atoms with E-state index in [2.05, 4.69) is 134 Å². The van der Waals surface area contributed by atoms with Gasteiger partial charge in [-0.15, -0.1) is 11.3 Å². The van der Waals surface area contributed by atoms with Crippen LogP contribution in [0.1, 0.15) is 11.1 Å². The van der Waals surface area contributed by atoms with Crippen LogP contribution in [-0.2, 0) is 0 Å². The van der Waals surface area contributed by atoms with Gasteiger partial charge in [0.25, 0.3) is 0 Å². The number of benzene rings is 6. The van der Waals surface area contributed by atoms with Crippen LogP contribution in [-0.4, -0.2) is 4.57 Å². The first-order valence-electron chi connectivity index (χ1n) is 14.0. The third-order valence-corrected chi connectivity index (χ3v) is 9.65. The number of hydrogen-bond acceptors (Lipinski definition) is 2. The normalized spacial score (nSPS) is 12.1. The van der Waals surface area contributed by atoms with Crippen LogP contribution >= 0.6 is 11.3 Å². The molecule has 0 aliphatic carbocycles. The van der Waals surface area contributed by atoms with Crippen LogP contribution in [0.25, 0.3) is 80.7 Å². The smallest absolute Gasteiger partial charge is 0.159 e. The summed E-state index contributed by atoms with van der Waals surface area (Å²) in [4.78, 5) is 0. The molecule has 0 saturated carbocycles. The number of aromatic nitrogens is 1. The molecule has 3 heteroatoms. The quantitative estimate of drug-likeness (QED) is 0.212. The minimum Gasteiger partial charge on any atom is -0.454 e. The van der Waals surface area contributed by atoms with Crippen molar-refractivity contribution >= 4 is 75.3 Å². The van der Waals surface area contributed by atoms with Gasteiger partial charge in [-0.2, -0.15) is 0 Å². The van der Waals surface area contributed by atoms with Gasteiger partial charge >= 0.3 is 0 Å². The number of para-hydroxylation sites is 1. The minimum atomic E-state index is 0.908. The van der Waals surface area contributed by atoms with Crippen molar-refractivity contribution in [1.29, 1.82) is 0 Å². The number of thiophene rings is 1. The van der Waals surface area contributed by atoms with E-state index in [1.54, 1.807) is 0 Å². The van der Waals surface area contributed by atoms with Crippen molar-refractivity contribution in [3.8, 4) is 16.8 Å². The maximum Gasteiger partial charge on any atom is 0.159 e. The van der Waals surface area contributed by atoms with Crippen molar-refractivity contribution in [3.05, 3.63) is 126 Å². The summed E-state index contributed by atoms with van der Waals surface area (Å²) in [5.41, 5.74) is 10.2. The topological polar surface area (TPSA) is 18.1 Å². The molecule has 41 heavy (non-hydrogen) atoms. The molecule has 2 nitrogen and oxygen atoms in total. The highest BCUT2D eigenvalue weighted by Gasteiger charge is 2.18. The van der Waals surface area contributed by atoms with E-state index in [9.17, 15) is 0 Å². The lowest BCUT2D eigenvalue weighted by molar-refractivity contribution is 0.666. The van der Waals surface area contributed by atoms with Gasteiger partial charge in [0.15, 0.2) is 5.58 Å². The van der Waals surface area contributed by atoms with Crippen LogP contribution in [0, 0.1) is 13.8 Å². The third-order valence-electron chi connectivity index (χ3n) is 8.50. The Balaban J connectivity index is 1.28. The summed E-state index contributed by atoms with van der Waals surface area (Å²) >= 11 is 1.86. The fourth-order valence-corrected chi connectivity index (χ4v) is 7.64. The Hall–Kier alpha value is -4.86. The zero-order valence-corrected chi connectivity index (χ0v) is 23.5. The molecule has 0 amide bonds. The number of hydrogen-bond donors (Lipinski definition) is 0. The summed E-state index contributed by atoms with van der Waals surface area (Å²) in [6.45, 7) is 4.32. The molecule has 0 bridgehead atoms. The van der Waals surface area contributed by atoms with Crippen molar-refractivity contribution in [1.82, 2.24) is 4.57 Å². The first kappa shape index (κ1) is 22.9. The SMILES string of the molecule is Cc1ccc2c(c1)c1cc(C)ccc1n2-c1cccc2c1oc1ccc(-c3ccc4sc5ccccc5c4c3)cc12. The number of aryl methyl sites for hydroxylation is 2. The van der Waals surface area contributed by atoms with Crippen LogP contribution < -0.4 is 0 Å². The van der Waals surface area contributed by atoms with Gasteiger partial charge in [-0.3, -0.25) is 0 Å². The van der Waals surface area contributed by atoms with E-state index in [0.29, 0.717) is 0 Å². The number of nitrogens with zero attached hydrogens (tertiary/aromatic N) is 1. The molecule has 0 radical (unpaired) electrons. The molecule has 0 N–H and O–H groups in total. The summed E-state index contributed by atoms with van der Waals surface area (Å²) in [6, 6.07) is 42.1. The summed E-state index contributed by atoms with van der Waals surface area (Å²) < 4.78 is 11.7. The van der Waals surface area contributed by atoms with Crippen LogP contribution in [0.15, 0.2) is 120 Å². The second-order valence-electron chi connectivity index (χ2n) is 11.2. The summed E-state index contributed by atoms with van der Waals surface area (Å²) in [6.07, 6.45) is 0. The van der Waals surface area contributed by atoms with Crippen molar-refractivity contribution in [3.63, 3.8) is 0 Å². The lowest BCUT2D eigenvalue weighted by Crippen LogP contribution is -1.94. The zero-order valence-electron chi connectivity index (χ0n) is 22.7. The van der Waals surface area contributed by atoms with E-state index >= 15 is 0 Å². The van der Waals surface area contributed by atoms with Gasteiger partial charge < -0.3 is 8.98 Å². The fraction of sp³-hybridized carbons (Fsp3) is 0.0526. The van der Waals surface area contributed by atoms with Crippen LogP contribution in [0.5, 0.6) is 0 Å². The highest BCUT2D eigenvalue weighted by atomic mass is 32.1. The van der Waals surface area contributed by atoms with Crippen LogP contribution in [0.2, 0.25) is 0 Å². The Labute approximate surface area is 240 Å². The van der Waals surface area contributed by atoms with Gasteiger partial charge in [0, 0.05) is 41.7 Å². The molecule has 194 valence electrons. The molecule has 0 saturated heterocycles. The summed E-state index contributed by atoms with van der Waals surface area (Å²) in [5.74, 6) is 0. The summed E-state index contributed by atoms with van der Waals surface area (Å²) in [5, 5.41) is 7.47. The maximum atomic E-state index is 6.64. The van der Waals surface area contributed by atoms with Crippen molar-refractivity contribution in [2.45, 2.75) is 13.8 Å². The Kier molecular flexibility index (Phi) is 4.65. The van der Waals surface area contributed by atoms with Gasteiger partial charge in [-0.05, 0) is 85.6 Å². The van der Waals surface area contributed by atoms with Gasteiger partial charge in [0.1, 0.15) is 5.58 Å². The molecule has 3 aromatic heterocycles. The Morgan fingerprint density at radius 1 is 0.512 bits per heavy atom. The standard InChI is InChI=1S/C38H25NOS/c1-22-10-14-32-28(18-22)29-19-23(2)11-15-33(29)39(32)34-8-5-7-27-30-20-24(12-16-35(30)40-38(27)34)25-13-17-37-31(21-25)26-6-3-4-9-36(26)41-37/h3-21H,1-2H3. The monoisotopic (exact) mass is 543 g/mol. The predicted octanol–water partition coefficient (Wildman–Crippen LogP) is 11.3. The molecule has 6 aromatic carbocycles. The Morgan fingerprint density at radius 3 is 1.95 bits per heavy atom. The van der Waals surface area contributed by atoms with Crippen molar-refractivity contribution < 1.29 is 4.42 Å². The molecule has 0 aliphatic rings. The molecule has 9 rings (SSSR count). The lowest BCUT2D eigenvalue weighted by atomic mass is 10.0. The van der Waals surface area contributed by atoms with Gasteiger partial charge in [0.2, 0.25) is 0 Å². The predicted molar refractivity (Wildman–Crippen MR) is 176 cm³/mol. The second kappa shape index (κ2) is 8.33. The van der Waals surface area contributed by atoms with E-state index in [0.717, 1.165) is 27.6 Å². The fourth-order valence-electron chi connectivity index (χ4n) is 6.56. The Morgan fingerprint density at radius 2 is 1.17 bits per heavy atom. The molecule has 0 spiro atoms. The largest absolute Gasteiger partial charge is 0.454 e. The third kappa shape index (κ3) is 3.30. The molecule has 9 aromatic rings. The van der Waals surface area contributed by atoms with Crippen LogP contribution in [0.3, 0.4) is 0 Å². The van der Waals surface area contributed by atoms with Crippen molar-refractivity contribution in [2.75, 3.05) is 0 Å². The molecule has 3 heterocycles. The van der Waals surface area contributed by atoms with E-state index in [1.165, 1.54) is 64.2 Å². The molecular formula is C38H25NOS. The van der Waals surface area contributed by atoms with Gasteiger partial charge in [0.05, 0.1) is 16.7 Å². The van der Waals surface area contributed by atoms with Gasteiger partial charge in [-0.25, -0.2) is 0 Å². The van der Waals surface area contributed by atoms with E-state index in [4.69, 9.17) is 4.42 Å². The first-order valence-corrected chi connectivity index (χ1v) is 14.8. The number of furan rings is 1. The average Bonchev–Trinajstić information content (AvgIpc) is 3.65. The molecule has 0 unspecified atom stereocenters. The van der Waals surface area contributed by atoms with Crippen LogP contribution in [0.4, 0.5) is 0 Å². The molecular weight excluding hydrogens is 518 g/mol. The zero-order chi connectivity index (χ0) is 27.2. The highest BCUT2D eigenvalue weighted by molar-refractivity contribution is 7.25. The first-order chi connectivity index (χ1) is 20.1. The molecule has 0 atom stereocenters. The van der Waals surface area contributed by atoms with Gasteiger partial charge in [-0.1, -0.05) is 65.7 Å². The maximum absolute atomic E-state index is 6.64. The summed E-state index contributed by atoms with van der Waals surface area (Å²) in [7, 11) is 0. The van der Waals surface area contributed by atoms with E-state index in [1.807, 2.05) is 11.3 Å². The number of rotatable bonds is 2. The van der Waals surface area contributed by atoms with E-state index < -0.39 is 0 Å². The molecule has 0 fully saturated rings. The Bertz CT molecular complexity index is 2450. The second-order valence-corrected chi connectivity index (χ2v) is 12.2. The number of fused-ring (bicyclic) bond motifs is 9. The molecule has 0 aliphatic heterocycles. The average molecular weight is 544 g/mol. The van der Waals surface area contributed by atoms with E-state index in [-0.39, 0.29) is 0 Å². The minimum absolute atomic E-state index is 0.908. The van der Waals surface area contributed by atoms with Crippen molar-refractivity contribution in [2.24, 2.45) is 0 Å². The lowest BCUT2D eigenvalue weighted by Gasteiger charge is -2.08. The highest BCUT2D eigenvalue weighted by Crippen LogP contribution is 2.41.